The van der Waals surface area contributed by atoms with Crippen LogP contribution in [0.5, 0.6) is 0 Å². The fraction of sp³-hybridized carbons (Fsp3) is 0.357. The van der Waals surface area contributed by atoms with Crippen LogP contribution in [0.2, 0.25) is 0 Å². The van der Waals surface area contributed by atoms with Crippen LogP contribution in [0.3, 0.4) is 0 Å². The van der Waals surface area contributed by atoms with Crippen molar-refractivity contribution in [3.05, 3.63) is 47.5 Å². The van der Waals surface area contributed by atoms with Crippen molar-refractivity contribution in [1.29, 1.82) is 0 Å². The first kappa shape index (κ1) is 13.4. The van der Waals surface area contributed by atoms with E-state index in [1.54, 1.807) is 4.68 Å². The van der Waals surface area contributed by atoms with Gasteiger partial charge >= 0.3 is 0 Å². The first-order chi connectivity index (χ1) is 9.24. The van der Waals surface area contributed by atoms with Gasteiger partial charge in [-0.2, -0.15) is 5.10 Å². The third-order valence-electron chi connectivity index (χ3n) is 3.08. The molecule has 0 aliphatic heterocycles. The second kappa shape index (κ2) is 6.24. The van der Waals surface area contributed by atoms with Gasteiger partial charge in [-0.25, -0.2) is 9.67 Å². The van der Waals surface area contributed by atoms with E-state index in [1.807, 2.05) is 31.2 Å². The summed E-state index contributed by atoms with van der Waals surface area (Å²) in [5.74, 6) is 0.848. The molecule has 5 heteroatoms. The molecule has 100 valence electrons. The number of aryl methyl sites for hydroxylation is 1. The molecule has 0 fully saturated rings. The molecule has 1 aromatic carbocycles. The number of carbonyl (C=O) groups is 1. The van der Waals surface area contributed by atoms with Crippen LogP contribution in [0.4, 0.5) is 0 Å². The van der Waals surface area contributed by atoms with E-state index in [2.05, 4.69) is 10.1 Å². The van der Waals surface area contributed by atoms with Crippen molar-refractivity contribution in [1.82, 2.24) is 14.8 Å². The van der Waals surface area contributed by atoms with Gasteiger partial charge in [-0.1, -0.05) is 24.3 Å². The molecule has 1 heterocycles. The average Bonchev–Trinajstić information content (AvgIpc) is 2.86. The molecular weight excluding hydrogens is 240 g/mol. The van der Waals surface area contributed by atoms with Crippen LogP contribution in [0.15, 0.2) is 30.6 Å². The van der Waals surface area contributed by atoms with E-state index in [9.17, 15) is 4.79 Å². The number of hydrogen-bond acceptors (Lipinski definition) is 4. The maximum absolute atomic E-state index is 12.1. The van der Waals surface area contributed by atoms with E-state index in [0.717, 1.165) is 23.5 Å². The Bertz CT molecular complexity index is 562. The van der Waals surface area contributed by atoms with Crippen LogP contribution in [-0.4, -0.2) is 20.5 Å². The Balaban J connectivity index is 2.05. The predicted octanol–water partition coefficient (Wildman–Crippen LogP) is 1.11. The van der Waals surface area contributed by atoms with Gasteiger partial charge in [0.25, 0.3) is 0 Å². The lowest BCUT2D eigenvalue weighted by molar-refractivity contribution is -0.117. The summed E-state index contributed by atoms with van der Waals surface area (Å²) >= 11 is 0. The summed E-state index contributed by atoms with van der Waals surface area (Å²) < 4.78 is 1.74. The summed E-state index contributed by atoms with van der Waals surface area (Å²) in [6, 6.07) is 7.77. The number of aromatic nitrogens is 3. The predicted molar refractivity (Wildman–Crippen MR) is 72.4 cm³/mol. The van der Waals surface area contributed by atoms with Gasteiger partial charge in [-0.3, -0.25) is 4.79 Å². The van der Waals surface area contributed by atoms with E-state index in [0.29, 0.717) is 19.4 Å². The standard InChI is InChI=1S/C14H18N4O/c1-2-18-14(16-10-17-18)8-13(19)7-11-5-3-4-6-12(11)9-15/h3-6,10H,2,7-9,15H2,1H3. The number of Topliss-reactive ketones (excluding diaryl/α,β-unsaturated/α-hetero) is 1. The van der Waals surface area contributed by atoms with Crippen molar-refractivity contribution in [3.8, 4) is 0 Å². The zero-order chi connectivity index (χ0) is 13.7. The molecule has 0 aliphatic carbocycles. The van der Waals surface area contributed by atoms with Crippen molar-refractivity contribution in [2.24, 2.45) is 5.73 Å². The van der Waals surface area contributed by atoms with Crippen LogP contribution >= 0.6 is 0 Å². The summed E-state index contributed by atoms with van der Waals surface area (Å²) in [5.41, 5.74) is 7.69. The van der Waals surface area contributed by atoms with E-state index in [1.165, 1.54) is 6.33 Å². The van der Waals surface area contributed by atoms with Crippen LogP contribution in [0.25, 0.3) is 0 Å². The molecule has 0 spiro atoms. The second-order valence-corrected chi connectivity index (χ2v) is 4.36. The third-order valence-corrected chi connectivity index (χ3v) is 3.08. The molecular formula is C14H18N4O. The summed E-state index contributed by atoms with van der Waals surface area (Å²) in [6.07, 6.45) is 2.19. The fourth-order valence-corrected chi connectivity index (χ4v) is 2.07. The molecule has 0 saturated carbocycles. The zero-order valence-electron chi connectivity index (χ0n) is 11.0. The van der Waals surface area contributed by atoms with Crippen LogP contribution in [0, 0.1) is 0 Å². The largest absolute Gasteiger partial charge is 0.326 e. The SMILES string of the molecule is CCn1ncnc1CC(=O)Cc1ccccc1CN. The van der Waals surface area contributed by atoms with Gasteiger partial charge in [-0.15, -0.1) is 0 Å². The second-order valence-electron chi connectivity index (χ2n) is 4.36. The Morgan fingerprint density at radius 2 is 2.00 bits per heavy atom. The highest BCUT2D eigenvalue weighted by Crippen LogP contribution is 2.10. The topological polar surface area (TPSA) is 73.8 Å². The highest BCUT2D eigenvalue weighted by Gasteiger charge is 2.11. The number of nitrogens with zero attached hydrogens (tertiary/aromatic N) is 3. The molecule has 0 saturated heterocycles. The van der Waals surface area contributed by atoms with Crippen molar-refractivity contribution in [2.75, 3.05) is 0 Å². The minimum absolute atomic E-state index is 0.128. The molecule has 2 aromatic rings. The highest BCUT2D eigenvalue weighted by molar-refractivity contribution is 5.82. The smallest absolute Gasteiger partial charge is 0.144 e. The van der Waals surface area contributed by atoms with E-state index >= 15 is 0 Å². The molecule has 2 rings (SSSR count). The minimum atomic E-state index is 0.128. The first-order valence-electron chi connectivity index (χ1n) is 6.39. The fourth-order valence-electron chi connectivity index (χ4n) is 2.07. The van der Waals surface area contributed by atoms with Gasteiger partial charge in [-0.05, 0) is 18.1 Å². The molecule has 0 bridgehead atoms. The minimum Gasteiger partial charge on any atom is -0.326 e. The highest BCUT2D eigenvalue weighted by atomic mass is 16.1. The molecule has 19 heavy (non-hydrogen) atoms. The number of benzene rings is 1. The average molecular weight is 258 g/mol. The van der Waals surface area contributed by atoms with Crippen LogP contribution < -0.4 is 5.73 Å². The van der Waals surface area contributed by atoms with Gasteiger partial charge < -0.3 is 5.73 Å². The van der Waals surface area contributed by atoms with Gasteiger partial charge in [0.05, 0.1) is 6.42 Å². The van der Waals surface area contributed by atoms with Crippen molar-refractivity contribution < 1.29 is 4.79 Å². The number of rotatable bonds is 6. The van der Waals surface area contributed by atoms with Crippen molar-refractivity contribution in [3.63, 3.8) is 0 Å². The maximum Gasteiger partial charge on any atom is 0.144 e. The molecule has 0 amide bonds. The van der Waals surface area contributed by atoms with Crippen molar-refractivity contribution in [2.45, 2.75) is 32.9 Å². The Morgan fingerprint density at radius 3 is 2.68 bits per heavy atom. The maximum atomic E-state index is 12.1. The summed E-state index contributed by atoms with van der Waals surface area (Å²) in [5, 5.41) is 4.06. The van der Waals surface area contributed by atoms with Crippen molar-refractivity contribution >= 4 is 5.78 Å². The van der Waals surface area contributed by atoms with E-state index in [4.69, 9.17) is 5.73 Å². The molecule has 0 atom stereocenters. The molecule has 0 aliphatic rings. The Morgan fingerprint density at radius 1 is 1.26 bits per heavy atom. The lowest BCUT2D eigenvalue weighted by atomic mass is 10.0. The third kappa shape index (κ3) is 3.26. The summed E-state index contributed by atoms with van der Waals surface area (Å²) in [6.45, 7) is 3.16. The molecule has 0 unspecified atom stereocenters. The summed E-state index contributed by atoms with van der Waals surface area (Å²) in [4.78, 5) is 16.2. The lowest BCUT2D eigenvalue weighted by Gasteiger charge is -2.07. The molecule has 1 aromatic heterocycles. The quantitative estimate of drug-likeness (QED) is 0.842. The molecule has 2 N–H and O–H groups in total. The molecule has 5 nitrogen and oxygen atoms in total. The van der Waals surface area contributed by atoms with E-state index < -0.39 is 0 Å². The zero-order valence-corrected chi connectivity index (χ0v) is 11.0. The van der Waals surface area contributed by atoms with Crippen LogP contribution in [-0.2, 0) is 30.7 Å². The van der Waals surface area contributed by atoms with Gasteiger partial charge in [0.15, 0.2) is 0 Å². The van der Waals surface area contributed by atoms with Gasteiger partial charge in [0, 0.05) is 19.5 Å². The van der Waals surface area contributed by atoms with E-state index in [-0.39, 0.29) is 5.78 Å². The normalized spacial score (nSPS) is 10.6. The van der Waals surface area contributed by atoms with Gasteiger partial charge in [0.1, 0.15) is 17.9 Å². The Labute approximate surface area is 112 Å². The lowest BCUT2D eigenvalue weighted by Crippen LogP contribution is -2.14. The van der Waals surface area contributed by atoms with Gasteiger partial charge in [0.2, 0.25) is 0 Å². The summed E-state index contributed by atoms with van der Waals surface area (Å²) in [7, 11) is 0. The number of hydrogen-bond donors (Lipinski definition) is 1. The monoisotopic (exact) mass is 258 g/mol. The molecule has 0 radical (unpaired) electrons. The Hall–Kier alpha value is -2.01. The number of ketones is 1. The Kier molecular flexibility index (Phi) is 4.41. The van der Waals surface area contributed by atoms with Crippen LogP contribution in [0.1, 0.15) is 23.9 Å². The number of nitrogens with two attached hydrogens (primary N) is 1. The number of carbonyl (C=O) groups excluding carboxylic acids is 1. The first-order valence-corrected chi connectivity index (χ1v) is 6.39.